The molecule has 1 heterocycles. The maximum Gasteiger partial charge on any atom is 0.246 e. The molecule has 3 rings (SSSR count). The predicted molar refractivity (Wildman–Crippen MR) is 86.6 cm³/mol. The zero-order chi connectivity index (χ0) is 16.9. The van der Waals surface area contributed by atoms with Crippen LogP contribution in [0.25, 0.3) is 11.4 Å². The van der Waals surface area contributed by atoms with Gasteiger partial charge in [-0.2, -0.15) is 4.98 Å². The molecule has 0 bridgehead atoms. The zero-order valence-corrected chi connectivity index (χ0v) is 13.2. The number of para-hydroxylation sites is 1. The quantitative estimate of drug-likeness (QED) is 0.746. The van der Waals surface area contributed by atoms with E-state index >= 15 is 0 Å². The number of hydrogen-bond acceptors (Lipinski definition) is 6. The summed E-state index contributed by atoms with van der Waals surface area (Å²) in [5.41, 5.74) is 1.05. The molecule has 0 aliphatic heterocycles. The van der Waals surface area contributed by atoms with Crippen LogP contribution in [0.15, 0.2) is 47.0 Å². The SMILES string of the molecule is COc1ccc(-c2noc(CNc3ccccc3F)n2)c(OC)c1. The Bertz CT molecular complexity index is 835. The van der Waals surface area contributed by atoms with Crippen molar-refractivity contribution in [2.75, 3.05) is 19.5 Å². The topological polar surface area (TPSA) is 69.4 Å². The molecular weight excluding hydrogens is 313 g/mol. The second-order valence-electron chi connectivity index (χ2n) is 4.91. The van der Waals surface area contributed by atoms with Gasteiger partial charge in [-0.15, -0.1) is 0 Å². The van der Waals surface area contributed by atoms with E-state index in [0.717, 1.165) is 0 Å². The van der Waals surface area contributed by atoms with E-state index in [1.807, 2.05) is 0 Å². The molecular formula is C17H16FN3O3. The van der Waals surface area contributed by atoms with Gasteiger partial charge in [0.15, 0.2) is 0 Å². The number of nitrogens with zero attached hydrogens (tertiary/aromatic N) is 2. The summed E-state index contributed by atoms with van der Waals surface area (Å²) >= 11 is 0. The summed E-state index contributed by atoms with van der Waals surface area (Å²) in [6.07, 6.45) is 0. The van der Waals surface area contributed by atoms with Crippen molar-refractivity contribution in [2.45, 2.75) is 6.54 Å². The van der Waals surface area contributed by atoms with E-state index in [9.17, 15) is 4.39 Å². The lowest BCUT2D eigenvalue weighted by Crippen LogP contribution is -2.01. The largest absolute Gasteiger partial charge is 0.497 e. The van der Waals surface area contributed by atoms with Crippen molar-refractivity contribution in [1.29, 1.82) is 0 Å². The fourth-order valence-corrected chi connectivity index (χ4v) is 2.19. The minimum absolute atomic E-state index is 0.215. The second-order valence-corrected chi connectivity index (χ2v) is 4.91. The molecule has 0 radical (unpaired) electrons. The third kappa shape index (κ3) is 3.29. The predicted octanol–water partition coefficient (Wildman–Crippen LogP) is 3.51. The molecule has 0 amide bonds. The Hall–Kier alpha value is -3.09. The van der Waals surface area contributed by atoms with Gasteiger partial charge in [0.05, 0.1) is 32.0 Å². The van der Waals surface area contributed by atoms with Crippen LogP contribution in [0.4, 0.5) is 10.1 Å². The normalized spacial score (nSPS) is 10.5. The Balaban J connectivity index is 1.77. The molecule has 0 aliphatic carbocycles. The Morgan fingerprint density at radius 3 is 2.71 bits per heavy atom. The molecule has 3 aromatic rings. The molecule has 0 fully saturated rings. The number of anilines is 1. The molecule has 0 unspecified atom stereocenters. The maximum atomic E-state index is 13.6. The maximum absolute atomic E-state index is 13.6. The third-order valence-electron chi connectivity index (χ3n) is 3.42. The molecule has 0 saturated carbocycles. The third-order valence-corrected chi connectivity index (χ3v) is 3.42. The van der Waals surface area contributed by atoms with Crippen LogP contribution in [-0.2, 0) is 6.54 Å². The van der Waals surface area contributed by atoms with Gasteiger partial charge in [-0.3, -0.25) is 0 Å². The van der Waals surface area contributed by atoms with Crippen LogP contribution in [-0.4, -0.2) is 24.4 Å². The van der Waals surface area contributed by atoms with E-state index < -0.39 is 0 Å². The molecule has 0 atom stereocenters. The highest BCUT2D eigenvalue weighted by atomic mass is 19.1. The van der Waals surface area contributed by atoms with Crippen molar-refractivity contribution in [3.63, 3.8) is 0 Å². The summed E-state index contributed by atoms with van der Waals surface area (Å²) in [7, 11) is 3.13. The summed E-state index contributed by atoms with van der Waals surface area (Å²) < 4.78 is 29.3. The van der Waals surface area contributed by atoms with Crippen molar-refractivity contribution in [3.05, 3.63) is 54.2 Å². The van der Waals surface area contributed by atoms with Gasteiger partial charge in [0.25, 0.3) is 0 Å². The van der Waals surface area contributed by atoms with Gasteiger partial charge < -0.3 is 19.3 Å². The van der Waals surface area contributed by atoms with Gasteiger partial charge in [-0.25, -0.2) is 4.39 Å². The smallest absolute Gasteiger partial charge is 0.246 e. The summed E-state index contributed by atoms with van der Waals surface area (Å²) in [6.45, 7) is 0.215. The summed E-state index contributed by atoms with van der Waals surface area (Å²) in [5, 5.41) is 6.86. The van der Waals surface area contributed by atoms with E-state index in [1.165, 1.54) is 6.07 Å². The van der Waals surface area contributed by atoms with Crippen molar-refractivity contribution in [3.8, 4) is 22.9 Å². The lowest BCUT2D eigenvalue weighted by Gasteiger charge is -2.07. The number of benzene rings is 2. The lowest BCUT2D eigenvalue weighted by molar-refractivity contribution is 0.382. The highest BCUT2D eigenvalue weighted by Gasteiger charge is 2.14. The molecule has 2 aromatic carbocycles. The number of aromatic nitrogens is 2. The zero-order valence-electron chi connectivity index (χ0n) is 13.2. The van der Waals surface area contributed by atoms with E-state index in [1.54, 1.807) is 50.6 Å². The first kappa shape index (κ1) is 15.8. The van der Waals surface area contributed by atoms with E-state index in [0.29, 0.717) is 34.5 Å². The second kappa shape index (κ2) is 6.99. The fraction of sp³-hybridized carbons (Fsp3) is 0.176. The standard InChI is InChI=1S/C17H16FN3O3/c1-22-11-7-8-12(15(9-11)23-2)17-20-16(24-21-17)10-19-14-6-4-3-5-13(14)18/h3-9,19H,10H2,1-2H3. The van der Waals surface area contributed by atoms with Crippen molar-refractivity contribution in [2.24, 2.45) is 0 Å². The lowest BCUT2D eigenvalue weighted by atomic mass is 10.2. The number of nitrogens with one attached hydrogen (secondary N) is 1. The van der Waals surface area contributed by atoms with Gasteiger partial charge in [0, 0.05) is 6.07 Å². The van der Waals surface area contributed by atoms with Crippen LogP contribution in [0.5, 0.6) is 11.5 Å². The number of methoxy groups -OCH3 is 2. The van der Waals surface area contributed by atoms with Crippen LogP contribution in [0.3, 0.4) is 0 Å². The number of rotatable bonds is 6. The average molecular weight is 329 g/mol. The molecule has 7 heteroatoms. The van der Waals surface area contributed by atoms with Gasteiger partial charge >= 0.3 is 0 Å². The monoisotopic (exact) mass is 329 g/mol. The highest BCUT2D eigenvalue weighted by Crippen LogP contribution is 2.31. The Labute approximate surface area is 138 Å². The van der Waals surface area contributed by atoms with Gasteiger partial charge in [0.2, 0.25) is 11.7 Å². The molecule has 6 nitrogen and oxygen atoms in total. The first-order valence-corrected chi connectivity index (χ1v) is 7.24. The summed E-state index contributed by atoms with van der Waals surface area (Å²) in [5.74, 6) is 1.63. The molecule has 0 saturated heterocycles. The minimum atomic E-state index is -0.339. The molecule has 124 valence electrons. The number of hydrogen-bond donors (Lipinski definition) is 1. The van der Waals surface area contributed by atoms with Crippen LogP contribution >= 0.6 is 0 Å². The highest BCUT2D eigenvalue weighted by molar-refractivity contribution is 5.65. The summed E-state index contributed by atoms with van der Waals surface area (Å²) in [6, 6.07) is 11.7. The Morgan fingerprint density at radius 1 is 1.12 bits per heavy atom. The molecule has 0 aliphatic rings. The van der Waals surface area contributed by atoms with Gasteiger partial charge in [-0.05, 0) is 24.3 Å². The van der Waals surface area contributed by atoms with Crippen molar-refractivity contribution < 1.29 is 18.4 Å². The van der Waals surface area contributed by atoms with Crippen LogP contribution in [0.2, 0.25) is 0 Å². The first-order valence-electron chi connectivity index (χ1n) is 7.24. The van der Waals surface area contributed by atoms with Gasteiger partial charge in [0.1, 0.15) is 17.3 Å². The Morgan fingerprint density at radius 2 is 1.96 bits per heavy atom. The van der Waals surface area contributed by atoms with E-state index in [2.05, 4.69) is 15.5 Å². The Kier molecular flexibility index (Phi) is 4.60. The average Bonchev–Trinajstić information content (AvgIpc) is 3.09. The molecule has 0 spiro atoms. The molecule has 1 aromatic heterocycles. The minimum Gasteiger partial charge on any atom is -0.497 e. The van der Waals surface area contributed by atoms with E-state index in [-0.39, 0.29) is 12.4 Å². The fourth-order valence-electron chi connectivity index (χ4n) is 2.19. The first-order chi connectivity index (χ1) is 11.7. The van der Waals surface area contributed by atoms with Crippen LogP contribution in [0, 0.1) is 5.82 Å². The van der Waals surface area contributed by atoms with Crippen LogP contribution < -0.4 is 14.8 Å². The van der Waals surface area contributed by atoms with Crippen molar-refractivity contribution in [1.82, 2.24) is 10.1 Å². The van der Waals surface area contributed by atoms with Gasteiger partial charge in [-0.1, -0.05) is 17.3 Å². The van der Waals surface area contributed by atoms with Crippen molar-refractivity contribution >= 4 is 5.69 Å². The van der Waals surface area contributed by atoms with Crippen LogP contribution in [0.1, 0.15) is 5.89 Å². The van der Waals surface area contributed by atoms with E-state index in [4.69, 9.17) is 14.0 Å². The number of halogens is 1. The number of ether oxygens (including phenoxy) is 2. The summed E-state index contributed by atoms with van der Waals surface area (Å²) in [4.78, 5) is 4.31. The molecule has 24 heavy (non-hydrogen) atoms. The molecule has 1 N–H and O–H groups in total.